The van der Waals surface area contributed by atoms with Gasteiger partial charge in [-0.05, 0) is 73.6 Å². The summed E-state index contributed by atoms with van der Waals surface area (Å²) in [5, 5.41) is 3.56. The Kier molecular flexibility index (Phi) is 10.5. The van der Waals surface area contributed by atoms with Gasteiger partial charge in [0.2, 0.25) is 5.91 Å². The van der Waals surface area contributed by atoms with Crippen LogP contribution in [0.5, 0.6) is 0 Å². The maximum atomic E-state index is 12.8. The number of nitrogens with two attached hydrogens (primary N) is 1. The quantitative estimate of drug-likeness (QED) is 0.443. The van der Waals surface area contributed by atoms with E-state index in [1.807, 2.05) is 4.90 Å². The summed E-state index contributed by atoms with van der Waals surface area (Å²) in [4.78, 5) is 17.3. The topological polar surface area (TPSA) is 61.6 Å². The molecule has 1 heterocycles. The molecule has 1 aliphatic heterocycles. The molecule has 1 amide bonds. The van der Waals surface area contributed by atoms with Crippen LogP contribution < -0.4 is 16.0 Å². The molecule has 1 fully saturated rings. The van der Waals surface area contributed by atoms with Crippen LogP contribution in [-0.2, 0) is 4.79 Å². The zero-order valence-corrected chi connectivity index (χ0v) is 22.4. The van der Waals surface area contributed by atoms with Crippen LogP contribution >= 0.6 is 0 Å². The maximum absolute atomic E-state index is 12.8. The molecule has 0 aromatic heterocycles. The Morgan fingerprint density at radius 1 is 1.09 bits per heavy atom. The van der Waals surface area contributed by atoms with Crippen molar-refractivity contribution in [2.75, 3.05) is 36.4 Å². The molecular weight excluding hydrogens is 408 g/mol. The van der Waals surface area contributed by atoms with Crippen molar-refractivity contribution in [2.24, 2.45) is 23.0 Å². The average Bonchev–Trinajstić information content (AvgIpc) is 2.73. The Labute approximate surface area is 203 Å². The molecule has 0 aliphatic carbocycles. The minimum Gasteiger partial charge on any atom is -0.385 e. The minimum absolute atomic E-state index is 0.126. The Hall–Kier alpha value is -1.75. The summed E-state index contributed by atoms with van der Waals surface area (Å²) in [5.41, 5.74) is 9.00. The van der Waals surface area contributed by atoms with Gasteiger partial charge in [0.05, 0.1) is 6.04 Å². The molecule has 0 radical (unpaired) electrons. The molecule has 1 aliphatic rings. The standard InChI is InChI=1S/C28H50N4O/c1-21(2)12-19-32(24-10-8-23(9-11-24)30-16-15-28(5,6)7)25-13-17-31(18-14-25)27(33)26(29)20-22(3)4/h8-11,21-22,25-26,30H,12-20,29H2,1-7H3. The highest BCUT2D eigenvalue weighted by atomic mass is 16.2. The normalized spacial score (nSPS) is 16.4. The van der Waals surface area contributed by atoms with Crippen LogP contribution in [0.2, 0.25) is 0 Å². The van der Waals surface area contributed by atoms with Crippen LogP contribution in [0.3, 0.4) is 0 Å². The molecule has 1 atom stereocenters. The van der Waals surface area contributed by atoms with E-state index in [1.165, 1.54) is 17.8 Å². The predicted octanol–water partition coefficient (Wildman–Crippen LogP) is 5.75. The molecule has 1 aromatic rings. The lowest BCUT2D eigenvalue weighted by atomic mass is 9.92. The first-order valence-electron chi connectivity index (χ1n) is 13.1. The van der Waals surface area contributed by atoms with Crippen molar-refractivity contribution in [3.63, 3.8) is 0 Å². The van der Waals surface area contributed by atoms with E-state index in [-0.39, 0.29) is 11.9 Å². The maximum Gasteiger partial charge on any atom is 0.239 e. The number of carbonyl (C=O) groups is 1. The number of piperidine rings is 1. The molecular formula is C28H50N4O. The van der Waals surface area contributed by atoms with E-state index < -0.39 is 0 Å². The Morgan fingerprint density at radius 2 is 1.70 bits per heavy atom. The summed E-state index contributed by atoms with van der Waals surface area (Å²) >= 11 is 0. The smallest absolute Gasteiger partial charge is 0.239 e. The number of amides is 1. The van der Waals surface area contributed by atoms with Gasteiger partial charge in [-0.3, -0.25) is 4.79 Å². The molecule has 1 saturated heterocycles. The number of hydrogen-bond acceptors (Lipinski definition) is 4. The van der Waals surface area contributed by atoms with E-state index in [0.29, 0.717) is 23.3 Å². The SMILES string of the molecule is CC(C)CCN(c1ccc(NCCC(C)(C)C)cc1)C1CCN(C(=O)C(N)CC(C)C)CC1. The highest BCUT2D eigenvalue weighted by Crippen LogP contribution is 2.27. The van der Waals surface area contributed by atoms with Gasteiger partial charge >= 0.3 is 0 Å². The zero-order valence-electron chi connectivity index (χ0n) is 22.4. The third-order valence-electron chi connectivity index (χ3n) is 6.61. The molecule has 1 aromatic carbocycles. The summed E-state index contributed by atoms with van der Waals surface area (Å²) in [7, 11) is 0. The highest BCUT2D eigenvalue weighted by molar-refractivity contribution is 5.81. The van der Waals surface area contributed by atoms with Crippen molar-refractivity contribution in [1.82, 2.24) is 4.90 Å². The average molecular weight is 459 g/mol. The van der Waals surface area contributed by atoms with Crippen LogP contribution in [0.25, 0.3) is 0 Å². The fourth-order valence-electron chi connectivity index (χ4n) is 4.51. The highest BCUT2D eigenvalue weighted by Gasteiger charge is 2.29. The van der Waals surface area contributed by atoms with Crippen molar-refractivity contribution in [1.29, 1.82) is 0 Å². The predicted molar refractivity (Wildman–Crippen MR) is 143 cm³/mol. The van der Waals surface area contributed by atoms with Crippen molar-refractivity contribution in [3.8, 4) is 0 Å². The number of benzene rings is 1. The van der Waals surface area contributed by atoms with Crippen molar-refractivity contribution in [3.05, 3.63) is 24.3 Å². The van der Waals surface area contributed by atoms with Gasteiger partial charge < -0.3 is 20.9 Å². The van der Waals surface area contributed by atoms with Gasteiger partial charge in [0.1, 0.15) is 0 Å². The molecule has 0 saturated carbocycles. The third-order valence-corrected chi connectivity index (χ3v) is 6.61. The lowest BCUT2D eigenvalue weighted by Gasteiger charge is -2.41. The zero-order chi connectivity index (χ0) is 24.6. The van der Waals surface area contributed by atoms with Crippen LogP contribution in [0.4, 0.5) is 11.4 Å². The van der Waals surface area contributed by atoms with Gasteiger partial charge in [-0.15, -0.1) is 0 Å². The molecule has 5 nitrogen and oxygen atoms in total. The lowest BCUT2D eigenvalue weighted by Crippen LogP contribution is -2.51. The number of rotatable bonds is 11. The first kappa shape index (κ1) is 27.5. The Morgan fingerprint density at radius 3 is 2.21 bits per heavy atom. The summed E-state index contributed by atoms with van der Waals surface area (Å²) < 4.78 is 0. The largest absolute Gasteiger partial charge is 0.385 e. The van der Waals surface area contributed by atoms with Gasteiger partial charge in [0, 0.05) is 43.6 Å². The fraction of sp³-hybridized carbons (Fsp3) is 0.750. The molecule has 5 heteroatoms. The number of nitrogens with zero attached hydrogens (tertiary/aromatic N) is 2. The fourth-order valence-corrected chi connectivity index (χ4v) is 4.51. The van der Waals surface area contributed by atoms with E-state index in [4.69, 9.17) is 5.73 Å². The second-order valence-corrected chi connectivity index (χ2v) is 12.0. The molecule has 33 heavy (non-hydrogen) atoms. The van der Waals surface area contributed by atoms with E-state index in [0.717, 1.165) is 51.9 Å². The van der Waals surface area contributed by atoms with Gasteiger partial charge in [0.15, 0.2) is 0 Å². The summed E-state index contributed by atoms with van der Waals surface area (Å²) in [6.07, 6.45) is 5.08. The molecule has 3 N–H and O–H groups in total. The molecule has 0 spiro atoms. The first-order valence-corrected chi connectivity index (χ1v) is 13.1. The van der Waals surface area contributed by atoms with Crippen LogP contribution in [0.1, 0.15) is 80.6 Å². The number of carbonyl (C=O) groups excluding carboxylic acids is 1. The number of likely N-dealkylation sites (tertiary alicyclic amines) is 1. The Balaban J connectivity index is 2.00. The monoisotopic (exact) mass is 458 g/mol. The molecule has 0 bridgehead atoms. The van der Waals surface area contributed by atoms with Gasteiger partial charge in [-0.2, -0.15) is 0 Å². The van der Waals surface area contributed by atoms with Crippen LogP contribution in [-0.4, -0.2) is 49.1 Å². The summed E-state index contributed by atoms with van der Waals surface area (Å²) in [6.45, 7) is 19.3. The number of hydrogen-bond donors (Lipinski definition) is 2. The second kappa shape index (κ2) is 12.6. The van der Waals surface area contributed by atoms with Crippen molar-refractivity contribution in [2.45, 2.75) is 92.7 Å². The van der Waals surface area contributed by atoms with Gasteiger partial charge in [-0.1, -0.05) is 48.5 Å². The Bertz CT molecular complexity index is 700. The summed E-state index contributed by atoms with van der Waals surface area (Å²) in [6, 6.07) is 9.05. The van der Waals surface area contributed by atoms with E-state index in [1.54, 1.807) is 0 Å². The van der Waals surface area contributed by atoms with Gasteiger partial charge in [0.25, 0.3) is 0 Å². The van der Waals surface area contributed by atoms with Crippen molar-refractivity contribution >= 4 is 17.3 Å². The third kappa shape index (κ3) is 9.56. The second-order valence-electron chi connectivity index (χ2n) is 12.0. The molecule has 2 rings (SSSR count). The summed E-state index contributed by atoms with van der Waals surface area (Å²) in [5.74, 6) is 1.24. The molecule has 1 unspecified atom stereocenters. The molecule has 188 valence electrons. The number of nitrogens with one attached hydrogen (secondary N) is 1. The van der Waals surface area contributed by atoms with Crippen molar-refractivity contribution < 1.29 is 4.79 Å². The van der Waals surface area contributed by atoms with E-state index in [9.17, 15) is 4.79 Å². The number of anilines is 2. The van der Waals surface area contributed by atoms with Crippen LogP contribution in [0.15, 0.2) is 24.3 Å². The minimum atomic E-state index is -0.364. The van der Waals surface area contributed by atoms with Gasteiger partial charge in [-0.25, -0.2) is 0 Å². The lowest BCUT2D eigenvalue weighted by molar-refractivity contribution is -0.134. The first-order chi connectivity index (χ1) is 15.5. The van der Waals surface area contributed by atoms with Crippen LogP contribution in [0, 0.1) is 17.3 Å². The van der Waals surface area contributed by atoms with E-state index >= 15 is 0 Å². The van der Waals surface area contributed by atoms with E-state index in [2.05, 4.69) is 82.9 Å².